The van der Waals surface area contributed by atoms with E-state index in [1.165, 1.54) is 83.8 Å². The molecule has 0 amide bonds. The normalized spacial score (nSPS) is 33.1. The minimum absolute atomic E-state index is 0.790. The molecule has 1 N–H and O–H groups in total. The van der Waals surface area contributed by atoms with Crippen LogP contribution in [-0.4, -0.2) is 49.8 Å². The lowest BCUT2D eigenvalue weighted by atomic mass is 9.81. The molecular formula is C20H36N2O. The minimum Gasteiger partial charge on any atom is -0.381 e. The van der Waals surface area contributed by atoms with Crippen LogP contribution in [0.25, 0.3) is 0 Å². The van der Waals surface area contributed by atoms with Crippen LogP contribution in [0.3, 0.4) is 0 Å². The molecule has 2 atom stereocenters. The van der Waals surface area contributed by atoms with E-state index in [0.29, 0.717) is 0 Å². The summed E-state index contributed by atoms with van der Waals surface area (Å²) >= 11 is 0. The smallest absolute Gasteiger partial charge is 0.0507 e. The van der Waals surface area contributed by atoms with Crippen LogP contribution in [0.15, 0.2) is 0 Å². The number of rotatable bonds is 6. The zero-order valence-corrected chi connectivity index (χ0v) is 14.8. The fourth-order valence-electron chi connectivity index (χ4n) is 5.25. The van der Waals surface area contributed by atoms with E-state index < -0.39 is 0 Å². The van der Waals surface area contributed by atoms with Gasteiger partial charge in [-0.05, 0) is 75.8 Å². The zero-order valence-electron chi connectivity index (χ0n) is 14.8. The first-order valence-corrected chi connectivity index (χ1v) is 10.4. The number of piperidine rings is 1. The van der Waals surface area contributed by atoms with E-state index in [2.05, 4.69) is 10.2 Å². The predicted molar refractivity (Wildman–Crippen MR) is 94.6 cm³/mol. The molecule has 3 nitrogen and oxygen atoms in total. The summed E-state index contributed by atoms with van der Waals surface area (Å²) in [5, 5.41) is 4.15. The largest absolute Gasteiger partial charge is 0.381 e. The first-order chi connectivity index (χ1) is 11.4. The van der Waals surface area contributed by atoms with Gasteiger partial charge in [-0.25, -0.2) is 0 Å². The lowest BCUT2D eigenvalue weighted by Crippen LogP contribution is -2.50. The van der Waals surface area contributed by atoms with E-state index in [1.807, 2.05) is 0 Å². The maximum absolute atomic E-state index is 5.53. The SMILES string of the molecule is C1CCC([C@H](NC2CCN(C[C@@H]3CCOC3)CC2)C2CC2)CC1. The first-order valence-electron chi connectivity index (χ1n) is 10.4. The van der Waals surface area contributed by atoms with Gasteiger partial charge in [-0.3, -0.25) is 0 Å². The minimum atomic E-state index is 0.790. The molecule has 4 fully saturated rings. The third-order valence-electron chi connectivity index (χ3n) is 6.84. The third kappa shape index (κ3) is 4.49. The molecule has 2 saturated heterocycles. The van der Waals surface area contributed by atoms with Crippen molar-refractivity contribution in [2.45, 2.75) is 76.3 Å². The lowest BCUT2D eigenvalue weighted by molar-refractivity contribution is 0.136. The molecule has 4 rings (SSSR count). The maximum Gasteiger partial charge on any atom is 0.0507 e. The van der Waals surface area contributed by atoms with Crippen molar-refractivity contribution in [3.8, 4) is 0 Å². The Morgan fingerprint density at radius 1 is 0.870 bits per heavy atom. The Hall–Kier alpha value is -0.120. The van der Waals surface area contributed by atoms with E-state index in [1.54, 1.807) is 0 Å². The molecule has 0 spiro atoms. The van der Waals surface area contributed by atoms with Crippen LogP contribution in [0, 0.1) is 17.8 Å². The quantitative estimate of drug-likeness (QED) is 0.811. The van der Waals surface area contributed by atoms with Gasteiger partial charge in [-0.1, -0.05) is 19.3 Å². The van der Waals surface area contributed by atoms with Crippen LogP contribution in [0.1, 0.15) is 64.2 Å². The van der Waals surface area contributed by atoms with E-state index in [4.69, 9.17) is 4.74 Å². The van der Waals surface area contributed by atoms with Crippen molar-refractivity contribution < 1.29 is 4.74 Å². The molecule has 0 bridgehead atoms. The van der Waals surface area contributed by atoms with Gasteiger partial charge < -0.3 is 15.0 Å². The molecule has 23 heavy (non-hydrogen) atoms. The molecule has 3 heteroatoms. The molecule has 2 aliphatic carbocycles. The Balaban J connectivity index is 1.22. The van der Waals surface area contributed by atoms with Crippen molar-refractivity contribution in [2.75, 3.05) is 32.8 Å². The van der Waals surface area contributed by atoms with Gasteiger partial charge in [-0.2, -0.15) is 0 Å². The maximum atomic E-state index is 5.53. The molecule has 0 aromatic rings. The summed E-state index contributed by atoms with van der Waals surface area (Å²) in [5.74, 6) is 2.82. The predicted octanol–water partition coefficient (Wildman–Crippen LogP) is 3.44. The fourth-order valence-corrected chi connectivity index (χ4v) is 5.25. The Bertz CT molecular complexity index is 351. The van der Waals surface area contributed by atoms with Gasteiger partial charge >= 0.3 is 0 Å². The standard InChI is InChI=1S/C20H36N2O/c1-2-4-17(5-3-1)20(18-6-7-18)21-19-8-11-22(12-9-19)14-16-10-13-23-15-16/h16-21H,1-15H2/t16-,20-/m0/s1. The van der Waals surface area contributed by atoms with Crippen LogP contribution in [0.5, 0.6) is 0 Å². The molecule has 0 radical (unpaired) electrons. The van der Waals surface area contributed by atoms with Crippen molar-refractivity contribution >= 4 is 0 Å². The topological polar surface area (TPSA) is 24.5 Å². The van der Waals surface area contributed by atoms with Gasteiger partial charge in [0, 0.05) is 25.2 Å². The highest BCUT2D eigenvalue weighted by molar-refractivity contribution is 4.94. The van der Waals surface area contributed by atoms with Crippen LogP contribution >= 0.6 is 0 Å². The van der Waals surface area contributed by atoms with Gasteiger partial charge in [0.25, 0.3) is 0 Å². The lowest BCUT2D eigenvalue weighted by Gasteiger charge is -2.38. The van der Waals surface area contributed by atoms with Crippen LogP contribution in [0.2, 0.25) is 0 Å². The Labute approximate surface area is 142 Å². The van der Waals surface area contributed by atoms with E-state index in [-0.39, 0.29) is 0 Å². The van der Waals surface area contributed by atoms with Crippen LogP contribution < -0.4 is 5.32 Å². The number of nitrogens with one attached hydrogen (secondary N) is 1. The van der Waals surface area contributed by atoms with E-state index in [9.17, 15) is 0 Å². The van der Waals surface area contributed by atoms with Crippen molar-refractivity contribution in [3.05, 3.63) is 0 Å². The van der Waals surface area contributed by atoms with Crippen LogP contribution in [-0.2, 0) is 4.74 Å². The number of nitrogens with zero attached hydrogens (tertiary/aromatic N) is 1. The highest BCUT2D eigenvalue weighted by Crippen LogP contribution is 2.40. The highest BCUT2D eigenvalue weighted by atomic mass is 16.5. The molecule has 0 aromatic carbocycles. The van der Waals surface area contributed by atoms with Gasteiger partial charge in [0.2, 0.25) is 0 Å². The van der Waals surface area contributed by atoms with Gasteiger partial charge in [0.1, 0.15) is 0 Å². The van der Waals surface area contributed by atoms with Gasteiger partial charge in [0.05, 0.1) is 6.61 Å². The van der Waals surface area contributed by atoms with Crippen molar-refractivity contribution in [2.24, 2.45) is 17.8 Å². The average Bonchev–Trinajstić information content (AvgIpc) is 3.32. The Kier molecular flexibility index (Phi) is 5.58. The molecule has 0 unspecified atom stereocenters. The summed E-state index contributed by atoms with van der Waals surface area (Å²) < 4.78 is 5.53. The summed E-state index contributed by atoms with van der Waals surface area (Å²) in [7, 11) is 0. The summed E-state index contributed by atoms with van der Waals surface area (Å²) in [6, 6.07) is 1.65. The molecule has 4 aliphatic rings. The molecule has 2 aliphatic heterocycles. The monoisotopic (exact) mass is 320 g/mol. The summed E-state index contributed by atoms with van der Waals surface area (Å²) in [4.78, 5) is 2.70. The second kappa shape index (κ2) is 7.84. The fraction of sp³-hybridized carbons (Fsp3) is 1.00. The second-order valence-electron chi connectivity index (χ2n) is 8.73. The molecule has 2 saturated carbocycles. The first kappa shape index (κ1) is 16.4. The van der Waals surface area contributed by atoms with E-state index >= 15 is 0 Å². The molecule has 132 valence electrons. The summed E-state index contributed by atoms with van der Waals surface area (Å²) in [6.45, 7) is 5.88. The van der Waals surface area contributed by atoms with Crippen molar-refractivity contribution in [1.82, 2.24) is 10.2 Å². The Morgan fingerprint density at radius 2 is 1.61 bits per heavy atom. The number of hydrogen-bond donors (Lipinski definition) is 1. The Morgan fingerprint density at radius 3 is 2.26 bits per heavy atom. The number of likely N-dealkylation sites (tertiary alicyclic amines) is 1. The zero-order chi connectivity index (χ0) is 15.5. The van der Waals surface area contributed by atoms with Crippen molar-refractivity contribution in [3.63, 3.8) is 0 Å². The molecular weight excluding hydrogens is 284 g/mol. The van der Waals surface area contributed by atoms with Gasteiger partial charge in [0.15, 0.2) is 0 Å². The second-order valence-corrected chi connectivity index (χ2v) is 8.73. The number of ether oxygens (including phenoxy) is 1. The summed E-state index contributed by atoms with van der Waals surface area (Å²) in [6.07, 6.45) is 14.4. The summed E-state index contributed by atoms with van der Waals surface area (Å²) in [5.41, 5.74) is 0. The average molecular weight is 321 g/mol. The molecule has 0 aromatic heterocycles. The third-order valence-corrected chi connectivity index (χ3v) is 6.84. The van der Waals surface area contributed by atoms with E-state index in [0.717, 1.165) is 43.1 Å². The molecule has 2 heterocycles. The number of hydrogen-bond acceptors (Lipinski definition) is 3. The van der Waals surface area contributed by atoms with Crippen LogP contribution in [0.4, 0.5) is 0 Å². The van der Waals surface area contributed by atoms with Crippen molar-refractivity contribution in [1.29, 1.82) is 0 Å². The highest BCUT2D eigenvalue weighted by Gasteiger charge is 2.38. The van der Waals surface area contributed by atoms with Gasteiger partial charge in [-0.15, -0.1) is 0 Å².